The van der Waals surface area contributed by atoms with E-state index in [0.29, 0.717) is 5.69 Å². The van der Waals surface area contributed by atoms with Crippen molar-refractivity contribution in [2.24, 2.45) is 0 Å². The van der Waals surface area contributed by atoms with E-state index in [1.165, 1.54) is 19.2 Å². The van der Waals surface area contributed by atoms with Gasteiger partial charge in [0.1, 0.15) is 11.6 Å². The lowest BCUT2D eigenvalue weighted by molar-refractivity contribution is -0.148. The number of sulfonamides is 1. The zero-order valence-corrected chi connectivity index (χ0v) is 13.5. The molecule has 0 saturated heterocycles. The molecule has 0 radical (unpaired) electrons. The molecule has 0 N–H and O–H groups in total. The molecular formula is C16H14FNO5S. The van der Waals surface area contributed by atoms with Gasteiger partial charge in [-0.1, -0.05) is 12.1 Å². The van der Waals surface area contributed by atoms with Gasteiger partial charge in [-0.25, -0.2) is 17.6 Å². The number of esters is 1. The van der Waals surface area contributed by atoms with E-state index in [1.807, 2.05) is 0 Å². The van der Waals surface area contributed by atoms with Gasteiger partial charge in [-0.15, -0.1) is 0 Å². The first-order valence-electron chi connectivity index (χ1n) is 7.05. The first-order chi connectivity index (χ1) is 11.4. The third kappa shape index (κ3) is 2.80. The molecule has 0 spiro atoms. The quantitative estimate of drug-likeness (QED) is 0.791. The van der Waals surface area contributed by atoms with Gasteiger partial charge in [-0.05, 0) is 36.4 Å². The molecular weight excluding hydrogens is 337 g/mol. The number of ether oxygens (including phenoxy) is 2. The van der Waals surface area contributed by atoms with Crippen molar-refractivity contribution in [1.29, 1.82) is 0 Å². The lowest BCUT2D eigenvalue weighted by Crippen LogP contribution is -2.47. The van der Waals surface area contributed by atoms with E-state index in [-0.39, 0.29) is 17.2 Å². The zero-order valence-electron chi connectivity index (χ0n) is 12.7. The van der Waals surface area contributed by atoms with E-state index in [0.717, 1.165) is 16.4 Å². The van der Waals surface area contributed by atoms with Crippen molar-refractivity contribution >= 4 is 21.7 Å². The summed E-state index contributed by atoms with van der Waals surface area (Å²) < 4.78 is 50.2. The average Bonchev–Trinajstić information content (AvgIpc) is 2.60. The molecule has 1 aliphatic rings. The van der Waals surface area contributed by atoms with Crippen molar-refractivity contribution in [3.63, 3.8) is 0 Å². The van der Waals surface area contributed by atoms with Gasteiger partial charge in [0.25, 0.3) is 10.0 Å². The van der Waals surface area contributed by atoms with E-state index < -0.39 is 27.9 Å². The highest BCUT2D eigenvalue weighted by atomic mass is 32.2. The van der Waals surface area contributed by atoms with Crippen molar-refractivity contribution in [2.75, 3.05) is 18.0 Å². The second-order valence-corrected chi connectivity index (χ2v) is 6.95. The zero-order chi connectivity index (χ0) is 17.3. The van der Waals surface area contributed by atoms with Crippen LogP contribution in [0.3, 0.4) is 0 Å². The van der Waals surface area contributed by atoms with Crippen LogP contribution in [0.5, 0.6) is 5.75 Å². The Balaban J connectivity index is 2.07. The molecule has 0 amide bonds. The van der Waals surface area contributed by atoms with E-state index in [1.54, 1.807) is 24.3 Å². The number of carbonyl (C=O) groups is 1. The van der Waals surface area contributed by atoms with E-state index >= 15 is 0 Å². The highest BCUT2D eigenvalue weighted by Crippen LogP contribution is 2.36. The van der Waals surface area contributed by atoms with Crippen molar-refractivity contribution in [2.45, 2.75) is 11.0 Å². The Labute approximate surface area is 138 Å². The monoisotopic (exact) mass is 351 g/mol. The molecule has 2 aromatic rings. The molecule has 2 aromatic carbocycles. The highest BCUT2D eigenvalue weighted by Gasteiger charge is 2.37. The average molecular weight is 351 g/mol. The Kier molecular flexibility index (Phi) is 4.15. The second-order valence-electron chi connectivity index (χ2n) is 5.09. The van der Waals surface area contributed by atoms with Gasteiger partial charge >= 0.3 is 5.97 Å². The minimum Gasteiger partial charge on any atom is -0.475 e. The topological polar surface area (TPSA) is 72.9 Å². The lowest BCUT2D eigenvalue weighted by Gasteiger charge is -2.34. The molecule has 0 aromatic heterocycles. The van der Waals surface area contributed by atoms with Crippen LogP contribution in [0, 0.1) is 5.82 Å². The molecule has 0 saturated carbocycles. The summed E-state index contributed by atoms with van der Waals surface area (Å²) in [6.07, 6.45) is -1.08. The molecule has 3 rings (SSSR count). The predicted octanol–water partition coefficient (Wildman–Crippen LogP) is 1.95. The molecule has 126 valence electrons. The summed E-state index contributed by atoms with van der Waals surface area (Å²) >= 11 is 0. The summed E-state index contributed by atoms with van der Waals surface area (Å²) in [5.74, 6) is -0.961. The van der Waals surface area contributed by atoms with Crippen molar-refractivity contribution < 1.29 is 27.1 Å². The van der Waals surface area contributed by atoms with Gasteiger partial charge in [-0.3, -0.25) is 4.31 Å². The van der Waals surface area contributed by atoms with Gasteiger partial charge in [-0.2, -0.15) is 0 Å². The van der Waals surface area contributed by atoms with Gasteiger partial charge in [0, 0.05) is 0 Å². The Morgan fingerprint density at radius 2 is 1.88 bits per heavy atom. The van der Waals surface area contributed by atoms with Gasteiger partial charge in [0.15, 0.2) is 0 Å². The van der Waals surface area contributed by atoms with Crippen LogP contribution < -0.4 is 9.04 Å². The third-order valence-corrected chi connectivity index (χ3v) is 5.39. The number of halogens is 1. The van der Waals surface area contributed by atoms with E-state index in [2.05, 4.69) is 4.74 Å². The minimum absolute atomic E-state index is 0.0794. The van der Waals surface area contributed by atoms with Crippen molar-refractivity contribution in [1.82, 2.24) is 0 Å². The smallest absolute Gasteiger partial charge is 0.348 e. The third-order valence-electron chi connectivity index (χ3n) is 3.60. The molecule has 1 aliphatic heterocycles. The summed E-state index contributed by atoms with van der Waals surface area (Å²) in [5, 5.41) is 0. The fourth-order valence-electron chi connectivity index (χ4n) is 2.42. The van der Waals surface area contributed by atoms with E-state index in [9.17, 15) is 17.6 Å². The number of anilines is 1. The first kappa shape index (κ1) is 16.3. The summed E-state index contributed by atoms with van der Waals surface area (Å²) in [5.41, 5.74) is 0.307. The molecule has 24 heavy (non-hydrogen) atoms. The normalized spacial score (nSPS) is 16.9. The maximum absolute atomic E-state index is 13.1. The van der Waals surface area contributed by atoms with Crippen molar-refractivity contribution in [3.05, 3.63) is 54.3 Å². The SMILES string of the molecule is COC(=O)C1CN(S(=O)(=O)c2ccc(F)cc2)c2ccccc2O1. The minimum atomic E-state index is -3.99. The standard InChI is InChI=1S/C16H14FNO5S/c1-22-16(19)15-10-18(13-4-2-3-5-14(13)23-15)24(20,21)12-8-6-11(17)7-9-12/h2-9,15H,10H2,1H3. The fourth-order valence-corrected chi connectivity index (χ4v) is 3.89. The molecule has 0 fully saturated rings. The maximum Gasteiger partial charge on any atom is 0.348 e. The number of rotatable bonds is 3. The molecule has 1 heterocycles. The number of para-hydroxylation sites is 2. The van der Waals surface area contributed by atoms with Gasteiger partial charge in [0.2, 0.25) is 6.10 Å². The predicted molar refractivity (Wildman–Crippen MR) is 83.8 cm³/mol. The number of methoxy groups -OCH3 is 1. The number of carbonyl (C=O) groups excluding carboxylic acids is 1. The Morgan fingerprint density at radius 3 is 2.54 bits per heavy atom. The summed E-state index contributed by atoms with van der Waals surface area (Å²) in [6, 6.07) is 11.0. The largest absolute Gasteiger partial charge is 0.475 e. The lowest BCUT2D eigenvalue weighted by atomic mass is 10.2. The number of nitrogens with zero attached hydrogens (tertiary/aromatic N) is 1. The van der Waals surface area contributed by atoms with Gasteiger partial charge < -0.3 is 9.47 Å². The van der Waals surface area contributed by atoms with Crippen molar-refractivity contribution in [3.8, 4) is 5.75 Å². The van der Waals surface area contributed by atoms with Crippen LogP contribution in [-0.2, 0) is 19.6 Å². The molecule has 0 bridgehead atoms. The molecule has 6 nitrogen and oxygen atoms in total. The maximum atomic E-state index is 13.1. The first-order valence-corrected chi connectivity index (χ1v) is 8.49. The number of hydrogen-bond acceptors (Lipinski definition) is 5. The second kappa shape index (κ2) is 6.12. The Morgan fingerprint density at radius 1 is 1.21 bits per heavy atom. The van der Waals surface area contributed by atoms with Gasteiger partial charge in [0.05, 0.1) is 24.2 Å². The molecule has 1 unspecified atom stereocenters. The van der Waals surface area contributed by atoms with Crippen LogP contribution in [0.15, 0.2) is 53.4 Å². The number of hydrogen-bond donors (Lipinski definition) is 0. The van der Waals surface area contributed by atoms with Crippen LogP contribution in [0.2, 0.25) is 0 Å². The highest BCUT2D eigenvalue weighted by molar-refractivity contribution is 7.92. The summed E-state index contributed by atoms with van der Waals surface area (Å²) in [6.45, 7) is -0.233. The number of benzene rings is 2. The Bertz CT molecular complexity index is 866. The summed E-state index contributed by atoms with van der Waals surface area (Å²) in [4.78, 5) is 11.7. The fraction of sp³-hybridized carbons (Fsp3) is 0.188. The van der Waals surface area contributed by atoms with Crippen LogP contribution in [-0.4, -0.2) is 34.1 Å². The van der Waals surface area contributed by atoms with Crippen LogP contribution in [0.4, 0.5) is 10.1 Å². The van der Waals surface area contributed by atoms with Crippen LogP contribution >= 0.6 is 0 Å². The molecule has 0 aliphatic carbocycles. The molecule has 1 atom stereocenters. The van der Waals surface area contributed by atoms with Crippen LogP contribution in [0.1, 0.15) is 0 Å². The van der Waals surface area contributed by atoms with Crippen LogP contribution in [0.25, 0.3) is 0 Å². The number of fused-ring (bicyclic) bond motifs is 1. The van der Waals surface area contributed by atoms with E-state index in [4.69, 9.17) is 4.74 Å². The molecule has 8 heteroatoms. The summed E-state index contributed by atoms with van der Waals surface area (Å²) in [7, 11) is -2.79. The Hall–Kier alpha value is -2.61.